The maximum absolute atomic E-state index is 13.9. The van der Waals surface area contributed by atoms with E-state index in [1.165, 1.54) is 13.2 Å². The van der Waals surface area contributed by atoms with E-state index in [0.29, 0.717) is 25.1 Å². The number of aliphatic hydroxyl groups excluding tert-OH is 1. The zero-order valence-electron chi connectivity index (χ0n) is 15.3. The summed E-state index contributed by atoms with van der Waals surface area (Å²) in [5.74, 6) is -1.23. The first kappa shape index (κ1) is 19.3. The largest absolute Gasteiger partial charge is 0.493 e. The molecule has 2 aromatic carbocycles. The van der Waals surface area contributed by atoms with E-state index in [1.807, 2.05) is 35.2 Å². The van der Waals surface area contributed by atoms with Crippen LogP contribution in [-0.2, 0) is 17.8 Å². The number of para-hydroxylation sites is 1. The van der Waals surface area contributed by atoms with Crippen LogP contribution in [-0.4, -0.2) is 47.4 Å². The van der Waals surface area contributed by atoms with E-state index in [4.69, 9.17) is 4.74 Å². The second kappa shape index (κ2) is 8.06. The van der Waals surface area contributed by atoms with Crippen molar-refractivity contribution in [1.29, 1.82) is 0 Å². The Kier molecular flexibility index (Phi) is 5.77. The fraction of sp³-hybridized carbons (Fsp3) is 0.381. The predicted molar refractivity (Wildman–Crippen MR) is 99.1 cm³/mol. The number of hydrogen-bond acceptors (Lipinski definition) is 4. The molecule has 3 rings (SSSR count). The zero-order chi connectivity index (χ0) is 19.4. The second-order valence-corrected chi connectivity index (χ2v) is 7.06. The third-order valence-corrected chi connectivity index (χ3v) is 5.38. The molecule has 0 bridgehead atoms. The minimum absolute atomic E-state index is 0.186. The van der Waals surface area contributed by atoms with Crippen LogP contribution in [0.1, 0.15) is 17.5 Å². The minimum Gasteiger partial charge on any atom is -0.493 e. The number of ether oxygens (including phenoxy) is 1. The van der Waals surface area contributed by atoms with Crippen molar-refractivity contribution >= 4 is 5.97 Å². The fourth-order valence-corrected chi connectivity index (χ4v) is 3.82. The average molecular weight is 373 g/mol. The molecule has 2 aromatic rings. The minimum atomic E-state index is -1.22. The molecule has 0 radical (unpaired) electrons. The van der Waals surface area contributed by atoms with Gasteiger partial charge in [0.05, 0.1) is 13.2 Å². The summed E-state index contributed by atoms with van der Waals surface area (Å²) in [6.45, 7) is 1.09. The number of benzene rings is 2. The Labute approximate surface area is 158 Å². The summed E-state index contributed by atoms with van der Waals surface area (Å²) in [6.07, 6.45) is -0.430. The number of aliphatic carboxylic acids is 1. The van der Waals surface area contributed by atoms with Crippen LogP contribution in [0, 0.1) is 11.2 Å². The molecule has 0 amide bonds. The topological polar surface area (TPSA) is 70.0 Å². The highest BCUT2D eigenvalue weighted by atomic mass is 19.1. The number of halogens is 1. The third kappa shape index (κ3) is 3.96. The van der Waals surface area contributed by atoms with Gasteiger partial charge in [0, 0.05) is 18.7 Å². The van der Waals surface area contributed by atoms with Crippen molar-refractivity contribution in [2.75, 3.05) is 20.2 Å². The van der Waals surface area contributed by atoms with E-state index in [1.54, 1.807) is 12.1 Å². The molecule has 144 valence electrons. The van der Waals surface area contributed by atoms with Crippen LogP contribution in [0.5, 0.6) is 5.75 Å². The number of β-amino-alcohol motifs (C(OH)–C–C–N with tert-alkyl or cyclic N) is 1. The van der Waals surface area contributed by atoms with E-state index >= 15 is 0 Å². The van der Waals surface area contributed by atoms with Crippen LogP contribution in [0.15, 0.2) is 48.5 Å². The molecule has 2 N–H and O–H groups in total. The van der Waals surface area contributed by atoms with Gasteiger partial charge in [0.25, 0.3) is 0 Å². The molecule has 0 aliphatic carbocycles. The molecule has 5 nitrogen and oxygen atoms in total. The lowest BCUT2D eigenvalue weighted by Crippen LogP contribution is -2.55. The first-order chi connectivity index (χ1) is 13.0. The summed E-state index contributed by atoms with van der Waals surface area (Å²) in [7, 11) is 1.42. The van der Waals surface area contributed by atoms with Crippen LogP contribution >= 0.6 is 0 Å². The normalized spacial score (nSPS) is 23.1. The van der Waals surface area contributed by atoms with Crippen molar-refractivity contribution < 1.29 is 24.1 Å². The zero-order valence-corrected chi connectivity index (χ0v) is 15.3. The standard InChI is InChI=1S/C21H24FNO4/c1-27-19-16(8-5-9-17(19)22)13-23-11-10-21(20(25)26,18(24)14-23)12-15-6-3-2-4-7-15/h2-9,18,24H,10-14H2,1H3,(H,25,26)/t18?,21-/m1/s1. The molecular weight excluding hydrogens is 349 g/mol. The molecule has 1 unspecified atom stereocenters. The predicted octanol–water partition coefficient (Wildman–Crippen LogP) is 2.71. The van der Waals surface area contributed by atoms with Gasteiger partial charge in [-0.1, -0.05) is 42.5 Å². The van der Waals surface area contributed by atoms with Crippen molar-refractivity contribution in [1.82, 2.24) is 4.90 Å². The fourth-order valence-electron chi connectivity index (χ4n) is 3.82. The molecule has 0 saturated carbocycles. The molecule has 2 atom stereocenters. The van der Waals surface area contributed by atoms with Gasteiger partial charge < -0.3 is 14.9 Å². The molecule has 1 aliphatic heterocycles. The Balaban J connectivity index is 1.76. The van der Waals surface area contributed by atoms with Crippen LogP contribution in [0.25, 0.3) is 0 Å². The molecule has 6 heteroatoms. The summed E-state index contributed by atoms with van der Waals surface area (Å²) in [6, 6.07) is 14.1. The summed E-state index contributed by atoms with van der Waals surface area (Å²) >= 11 is 0. The van der Waals surface area contributed by atoms with Crippen LogP contribution < -0.4 is 4.74 Å². The third-order valence-electron chi connectivity index (χ3n) is 5.38. The smallest absolute Gasteiger partial charge is 0.312 e. The van der Waals surface area contributed by atoms with Gasteiger partial charge in [0.2, 0.25) is 0 Å². The number of hydrogen-bond donors (Lipinski definition) is 2. The number of likely N-dealkylation sites (tertiary alicyclic amines) is 1. The van der Waals surface area contributed by atoms with Crippen LogP contribution in [0.3, 0.4) is 0 Å². The van der Waals surface area contributed by atoms with Crippen LogP contribution in [0.2, 0.25) is 0 Å². The van der Waals surface area contributed by atoms with Crippen molar-refractivity contribution in [3.8, 4) is 5.75 Å². The van der Waals surface area contributed by atoms with E-state index < -0.39 is 23.3 Å². The summed E-state index contributed by atoms with van der Waals surface area (Å²) < 4.78 is 19.0. The Morgan fingerprint density at radius 2 is 2.00 bits per heavy atom. The van der Waals surface area contributed by atoms with Crippen molar-refractivity contribution in [3.63, 3.8) is 0 Å². The number of carboxylic acids is 1. The van der Waals surface area contributed by atoms with E-state index in [2.05, 4.69) is 0 Å². The van der Waals surface area contributed by atoms with Gasteiger partial charge in [-0.25, -0.2) is 4.39 Å². The molecule has 1 heterocycles. The molecule has 1 fully saturated rings. The number of aliphatic hydroxyl groups is 1. The highest BCUT2D eigenvalue weighted by Gasteiger charge is 2.48. The monoisotopic (exact) mass is 373 g/mol. The van der Waals surface area contributed by atoms with Crippen molar-refractivity contribution in [2.24, 2.45) is 5.41 Å². The number of rotatable bonds is 6. The average Bonchev–Trinajstić information content (AvgIpc) is 2.65. The molecule has 1 aliphatic rings. The van der Waals surface area contributed by atoms with Crippen LogP contribution in [0.4, 0.5) is 4.39 Å². The summed E-state index contributed by atoms with van der Waals surface area (Å²) in [5.41, 5.74) is 0.346. The van der Waals surface area contributed by atoms with Gasteiger partial charge in [0.1, 0.15) is 5.41 Å². The maximum Gasteiger partial charge on any atom is 0.312 e. The number of piperidine rings is 1. The van der Waals surface area contributed by atoms with Gasteiger partial charge in [-0.05, 0) is 31.0 Å². The quantitative estimate of drug-likeness (QED) is 0.815. The second-order valence-electron chi connectivity index (χ2n) is 7.06. The SMILES string of the molecule is COc1c(F)cccc1CN1CC[C@](Cc2ccccc2)(C(=O)O)C(O)C1. The van der Waals surface area contributed by atoms with Crippen molar-refractivity contribution in [3.05, 3.63) is 65.5 Å². The first-order valence-corrected chi connectivity index (χ1v) is 8.95. The lowest BCUT2D eigenvalue weighted by molar-refractivity contribution is -0.163. The number of nitrogens with zero attached hydrogens (tertiary/aromatic N) is 1. The van der Waals surface area contributed by atoms with E-state index in [9.17, 15) is 19.4 Å². The van der Waals surface area contributed by atoms with Gasteiger partial charge >= 0.3 is 5.97 Å². The molecule has 0 aromatic heterocycles. The highest BCUT2D eigenvalue weighted by Crippen LogP contribution is 2.37. The Morgan fingerprint density at radius 3 is 2.63 bits per heavy atom. The molecule has 27 heavy (non-hydrogen) atoms. The van der Waals surface area contributed by atoms with Gasteiger partial charge in [-0.3, -0.25) is 9.69 Å². The summed E-state index contributed by atoms with van der Waals surface area (Å²) in [4.78, 5) is 14.0. The van der Waals surface area contributed by atoms with Gasteiger partial charge in [-0.15, -0.1) is 0 Å². The molecule has 0 spiro atoms. The molecular formula is C21H24FNO4. The highest BCUT2D eigenvalue weighted by molar-refractivity contribution is 5.76. The van der Waals surface area contributed by atoms with Gasteiger partial charge in [-0.2, -0.15) is 0 Å². The first-order valence-electron chi connectivity index (χ1n) is 8.95. The number of methoxy groups -OCH3 is 1. The Hall–Kier alpha value is -2.44. The maximum atomic E-state index is 13.9. The Bertz CT molecular complexity index is 798. The van der Waals surface area contributed by atoms with E-state index in [0.717, 1.165) is 5.56 Å². The lowest BCUT2D eigenvalue weighted by atomic mass is 9.71. The van der Waals surface area contributed by atoms with Crippen molar-refractivity contribution in [2.45, 2.75) is 25.5 Å². The number of carbonyl (C=O) groups is 1. The lowest BCUT2D eigenvalue weighted by Gasteiger charge is -2.43. The number of carboxylic acid groups (broad SMARTS) is 1. The van der Waals surface area contributed by atoms with E-state index in [-0.39, 0.29) is 18.7 Å². The van der Waals surface area contributed by atoms with Gasteiger partial charge in [0.15, 0.2) is 11.6 Å². The Morgan fingerprint density at radius 1 is 1.26 bits per heavy atom. The molecule has 1 saturated heterocycles. The summed E-state index contributed by atoms with van der Waals surface area (Å²) in [5, 5.41) is 20.6.